The van der Waals surface area contributed by atoms with Gasteiger partial charge >= 0.3 is 5.97 Å². The minimum Gasteiger partial charge on any atom is -0.469 e. The maximum Gasteiger partial charge on any atom is 0.305 e. The van der Waals surface area contributed by atoms with Gasteiger partial charge in [-0.2, -0.15) is 0 Å². The summed E-state index contributed by atoms with van der Waals surface area (Å²) in [4.78, 5) is 40.3. The normalized spacial score (nSPS) is 18.7. The van der Waals surface area contributed by atoms with Crippen LogP contribution in [0.3, 0.4) is 0 Å². The Morgan fingerprint density at radius 1 is 1.45 bits per heavy atom. The zero-order valence-electron chi connectivity index (χ0n) is 12.5. The van der Waals surface area contributed by atoms with Crippen molar-refractivity contribution in [3.63, 3.8) is 0 Å². The SMILES string of the molecule is COCCN1C(=O)[C@H](C=NCCCC(=O)OC)C(=O)NC1=S. The lowest BCUT2D eigenvalue weighted by Gasteiger charge is -2.30. The van der Waals surface area contributed by atoms with Crippen molar-refractivity contribution in [1.29, 1.82) is 0 Å². The van der Waals surface area contributed by atoms with E-state index >= 15 is 0 Å². The van der Waals surface area contributed by atoms with Gasteiger partial charge in [-0.1, -0.05) is 0 Å². The highest BCUT2D eigenvalue weighted by Gasteiger charge is 2.37. The average molecular weight is 329 g/mol. The molecule has 1 atom stereocenters. The molecule has 8 nitrogen and oxygen atoms in total. The van der Waals surface area contributed by atoms with Crippen LogP contribution in [-0.2, 0) is 23.9 Å². The smallest absolute Gasteiger partial charge is 0.305 e. The Morgan fingerprint density at radius 2 is 2.18 bits per heavy atom. The number of carbonyl (C=O) groups is 3. The molecule has 1 N–H and O–H groups in total. The van der Waals surface area contributed by atoms with Crippen LogP contribution in [0.2, 0.25) is 0 Å². The highest BCUT2D eigenvalue weighted by Crippen LogP contribution is 2.09. The molecule has 0 aromatic carbocycles. The molecule has 0 aliphatic carbocycles. The lowest BCUT2D eigenvalue weighted by atomic mass is 10.1. The predicted molar refractivity (Wildman–Crippen MR) is 82.4 cm³/mol. The monoisotopic (exact) mass is 329 g/mol. The molecule has 0 radical (unpaired) electrons. The molecule has 1 aliphatic heterocycles. The van der Waals surface area contributed by atoms with Crippen LogP contribution in [0.4, 0.5) is 0 Å². The van der Waals surface area contributed by atoms with Gasteiger partial charge in [-0.3, -0.25) is 24.3 Å². The fourth-order valence-corrected chi connectivity index (χ4v) is 2.04. The number of nitrogens with zero attached hydrogens (tertiary/aromatic N) is 2. The quantitative estimate of drug-likeness (QED) is 0.212. The Labute approximate surface area is 133 Å². The largest absolute Gasteiger partial charge is 0.469 e. The molecule has 1 aliphatic rings. The summed E-state index contributed by atoms with van der Waals surface area (Å²) in [5.74, 6) is -2.26. The van der Waals surface area contributed by atoms with Crippen LogP contribution < -0.4 is 5.32 Å². The van der Waals surface area contributed by atoms with Gasteiger partial charge in [-0.15, -0.1) is 0 Å². The number of thiocarbonyl (C=S) groups is 1. The summed E-state index contributed by atoms with van der Waals surface area (Å²) in [7, 11) is 2.82. The van der Waals surface area contributed by atoms with Crippen LogP contribution in [0.5, 0.6) is 0 Å². The molecule has 1 heterocycles. The van der Waals surface area contributed by atoms with Gasteiger partial charge in [0.05, 0.1) is 20.3 Å². The standard InChI is InChI=1S/C13H19N3O5S/c1-20-7-6-16-12(19)9(11(18)15-13(16)22)8-14-5-3-4-10(17)21-2/h8-9H,3-7H2,1-2H3,(H,15,18,22)/t9-/m1/s1. The number of hydrogen-bond acceptors (Lipinski definition) is 7. The maximum absolute atomic E-state index is 12.2. The Hall–Kier alpha value is -1.87. The number of hydrogen-bond donors (Lipinski definition) is 1. The van der Waals surface area contributed by atoms with Crippen molar-refractivity contribution in [1.82, 2.24) is 10.2 Å². The van der Waals surface area contributed by atoms with E-state index in [4.69, 9.17) is 17.0 Å². The molecule has 0 aromatic heterocycles. The maximum atomic E-state index is 12.2. The highest BCUT2D eigenvalue weighted by atomic mass is 32.1. The van der Waals surface area contributed by atoms with Gasteiger partial charge in [0, 0.05) is 26.3 Å². The average Bonchev–Trinajstić information content (AvgIpc) is 2.49. The summed E-state index contributed by atoms with van der Waals surface area (Å²) in [5.41, 5.74) is 0. The molecule has 2 amide bonds. The lowest BCUT2D eigenvalue weighted by Crippen LogP contribution is -2.58. The van der Waals surface area contributed by atoms with E-state index in [9.17, 15) is 14.4 Å². The zero-order chi connectivity index (χ0) is 16.5. The Balaban J connectivity index is 2.56. The Bertz CT molecular complexity index is 480. The summed E-state index contributed by atoms with van der Waals surface area (Å²) in [6.07, 6.45) is 2.01. The van der Waals surface area contributed by atoms with E-state index in [1.54, 1.807) is 0 Å². The van der Waals surface area contributed by atoms with Gasteiger partial charge < -0.3 is 14.8 Å². The number of rotatable bonds is 8. The minimum atomic E-state index is -1.01. The van der Waals surface area contributed by atoms with Crippen molar-refractivity contribution in [2.75, 3.05) is 33.9 Å². The first-order valence-electron chi connectivity index (χ1n) is 6.73. The third-order valence-corrected chi connectivity index (χ3v) is 3.28. The molecule has 0 unspecified atom stereocenters. The fraction of sp³-hybridized carbons (Fsp3) is 0.615. The van der Waals surface area contributed by atoms with Crippen molar-refractivity contribution < 1.29 is 23.9 Å². The molecule has 122 valence electrons. The van der Waals surface area contributed by atoms with Crippen molar-refractivity contribution in [3.05, 3.63) is 0 Å². The zero-order valence-corrected chi connectivity index (χ0v) is 13.4. The first-order valence-corrected chi connectivity index (χ1v) is 7.14. The topological polar surface area (TPSA) is 97.3 Å². The van der Waals surface area contributed by atoms with Crippen LogP contribution in [0, 0.1) is 5.92 Å². The molecule has 0 bridgehead atoms. The number of carbonyl (C=O) groups excluding carboxylic acids is 3. The third-order valence-electron chi connectivity index (χ3n) is 2.96. The molecule has 0 aromatic rings. The predicted octanol–water partition coefficient (Wildman–Crippen LogP) is -0.484. The summed E-state index contributed by atoms with van der Waals surface area (Å²) in [6, 6.07) is 0. The van der Waals surface area contributed by atoms with E-state index in [1.165, 1.54) is 25.3 Å². The Kier molecular flexibility index (Phi) is 7.61. The highest BCUT2D eigenvalue weighted by molar-refractivity contribution is 7.80. The van der Waals surface area contributed by atoms with Crippen LogP contribution in [0.25, 0.3) is 0 Å². The minimum absolute atomic E-state index is 0.0717. The van der Waals surface area contributed by atoms with E-state index < -0.39 is 17.7 Å². The second-order valence-electron chi connectivity index (χ2n) is 4.49. The fourth-order valence-electron chi connectivity index (χ4n) is 1.75. The van der Waals surface area contributed by atoms with Gasteiger partial charge in [-0.05, 0) is 18.6 Å². The molecule has 1 fully saturated rings. The number of methoxy groups -OCH3 is 2. The summed E-state index contributed by atoms with van der Waals surface area (Å²) in [5, 5.41) is 2.54. The molecule has 22 heavy (non-hydrogen) atoms. The van der Waals surface area contributed by atoms with Crippen LogP contribution in [-0.4, -0.2) is 67.9 Å². The van der Waals surface area contributed by atoms with Crippen molar-refractivity contribution in [3.8, 4) is 0 Å². The molecule has 1 rings (SSSR count). The van der Waals surface area contributed by atoms with Crippen molar-refractivity contribution >= 4 is 41.3 Å². The van der Waals surface area contributed by atoms with E-state index in [0.717, 1.165) is 0 Å². The Morgan fingerprint density at radius 3 is 2.82 bits per heavy atom. The van der Waals surface area contributed by atoms with Crippen LogP contribution in [0.1, 0.15) is 12.8 Å². The van der Waals surface area contributed by atoms with Crippen LogP contribution >= 0.6 is 12.2 Å². The molecular formula is C13H19N3O5S. The number of esters is 1. The van der Waals surface area contributed by atoms with Gasteiger partial charge in [0.25, 0.3) is 0 Å². The third kappa shape index (κ3) is 5.15. The van der Waals surface area contributed by atoms with E-state index in [2.05, 4.69) is 15.0 Å². The second kappa shape index (κ2) is 9.21. The number of amides is 2. The van der Waals surface area contributed by atoms with E-state index in [0.29, 0.717) is 19.6 Å². The van der Waals surface area contributed by atoms with Crippen molar-refractivity contribution in [2.24, 2.45) is 10.9 Å². The first kappa shape index (κ1) is 18.2. The van der Waals surface area contributed by atoms with E-state index in [-0.39, 0.29) is 24.0 Å². The molecule has 0 spiro atoms. The van der Waals surface area contributed by atoms with Crippen molar-refractivity contribution in [2.45, 2.75) is 12.8 Å². The van der Waals surface area contributed by atoms with Gasteiger partial charge in [0.15, 0.2) is 11.0 Å². The van der Waals surface area contributed by atoms with E-state index in [1.807, 2.05) is 0 Å². The summed E-state index contributed by atoms with van der Waals surface area (Å²) < 4.78 is 9.41. The van der Waals surface area contributed by atoms with Gasteiger partial charge in [-0.25, -0.2) is 0 Å². The molecule has 0 saturated carbocycles. The first-order chi connectivity index (χ1) is 10.5. The lowest BCUT2D eigenvalue weighted by molar-refractivity contribution is -0.141. The number of aliphatic imine (C=N–C) groups is 1. The number of ether oxygens (including phenoxy) is 2. The summed E-state index contributed by atoms with van der Waals surface area (Å²) >= 11 is 4.97. The summed E-state index contributed by atoms with van der Waals surface area (Å²) in [6.45, 7) is 0.903. The van der Waals surface area contributed by atoms with Gasteiger partial charge in [0.2, 0.25) is 11.8 Å². The second-order valence-corrected chi connectivity index (χ2v) is 4.88. The van der Waals surface area contributed by atoms with Crippen LogP contribution in [0.15, 0.2) is 4.99 Å². The molecule has 9 heteroatoms. The number of nitrogens with one attached hydrogen (secondary N) is 1. The molecule has 1 saturated heterocycles. The molecular weight excluding hydrogens is 310 g/mol. The van der Waals surface area contributed by atoms with Gasteiger partial charge in [0.1, 0.15) is 0 Å².